The van der Waals surface area contributed by atoms with Crippen molar-refractivity contribution in [2.75, 3.05) is 6.61 Å². The molecule has 1 heterocycles. The van der Waals surface area contributed by atoms with Gasteiger partial charge in [-0.2, -0.15) is 5.10 Å². The maximum absolute atomic E-state index is 12.0. The van der Waals surface area contributed by atoms with Gasteiger partial charge in [0.2, 0.25) is 0 Å². The fourth-order valence-corrected chi connectivity index (χ4v) is 2.13. The highest BCUT2D eigenvalue weighted by atomic mass is 16.5. The Balaban J connectivity index is 1.55. The molecule has 0 aliphatic heterocycles. The van der Waals surface area contributed by atoms with Gasteiger partial charge in [0.25, 0.3) is 0 Å². The molecule has 0 N–H and O–H groups in total. The number of carbonyl (C=O) groups excluding carboxylic acids is 1. The summed E-state index contributed by atoms with van der Waals surface area (Å²) in [5, 5.41) is 4.14. The lowest BCUT2D eigenvalue weighted by Crippen LogP contribution is -2.05. The van der Waals surface area contributed by atoms with Gasteiger partial charge in [-0.15, -0.1) is 0 Å². The van der Waals surface area contributed by atoms with Crippen molar-refractivity contribution in [2.45, 2.75) is 0 Å². The second-order valence-corrected chi connectivity index (χ2v) is 4.91. The monoisotopic (exact) mass is 304 g/mol. The third kappa shape index (κ3) is 3.95. The molecule has 0 saturated heterocycles. The molecule has 3 rings (SSSR count). The lowest BCUT2D eigenvalue weighted by molar-refractivity contribution is 0.0550. The summed E-state index contributed by atoms with van der Waals surface area (Å²) < 4.78 is 6.97. The van der Waals surface area contributed by atoms with Gasteiger partial charge in [-0.05, 0) is 42.0 Å². The molecular formula is C19H16N2O2. The molecule has 114 valence electrons. The van der Waals surface area contributed by atoms with E-state index in [0.717, 1.165) is 11.3 Å². The van der Waals surface area contributed by atoms with E-state index in [1.54, 1.807) is 23.0 Å². The largest absolute Gasteiger partial charge is 0.458 e. The summed E-state index contributed by atoms with van der Waals surface area (Å²) in [6.07, 6.45) is 7.31. The van der Waals surface area contributed by atoms with Crippen molar-refractivity contribution in [1.29, 1.82) is 0 Å². The second-order valence-electron chi connectivity index (χ2n) is 4.91. The smallest absolute Gasteiger partial charge is 0.338 e. The highest BCUT2D eigenvalue weighted by Gasteiger charge is 2.06. The van der Waals surface area contributed by atoms with Crippen LogP contribution in [-0.2, 0) is 4.74 Å². The first-order valence-electron chi connectivity index (χ1n) is 7.32. The first kappa shape index (κ1) is 14.8. The number of esters is 1. The van der Waals surface area contributed by atoms with Crippen molar-refractivity contribution >= 4 is 12.0 Å². The molecule has 1 aromatic heterocycles. The number of nitrogens with zero attached hydrogens (tertiary/aromatic N) is 2. The highest BCUT2D eigenvalue weighted by molar-refractivity contribution is 5.89. The Morgan fingerprint density at radius 3 is 2.52 bits per heavy atom. The molecule has 0 amide bonds. The van der Waals surface area contributed by atoms with E-state index < -0.39 is 0 Å². The van der Waals surface area contributed by atoms with Crippen LogP contribution in [0, 0.1) is 0 Å². The van der Waals surface area contributed by atoms with Crippen LogP contribution < -0.4 is 0 Å². The molecule has 3 aromatic rings. The van der Waals surface area contributed by atoms with E-state index in [1.807, 2.05) is 66.9 Å². The molecule has 0 aliphatic rings. The summed E-state index contributed by atoms with van der Waals surface area (Å²) in [4.78, 5) is 12.0. The molecule has 0 spiro atoms. The van der Waals surface area contributed by atoms with Crippen molar-refractivity contribution in [1.82, 2.24) is 9.78 Å². The molecule has 0 fully saturated rings. The minimum Gasteiger partial charge on any atom is -0.458 e. The van der Waals surface area contributed by atoms with Crippen LogP contribution in [0.4, 0.5) is 0 Å². The third-order valence-corrected chi connectivity index (χ3v) is 3.29. The fraction of sp³-hybridized carbons (Fsp3) is 0.0526. The third-order valence-electron chi connectivity index (χ3n) is 3.29. The van der Waals surface area contributed by atoms with Gasteiger partial charge < -0.3 is 4.74 Å². The average molecular weight is 304 g/mol. The Bertz CT molecular complexity index is 776. The van der Waals surface area contributed by atoms with E-state index in [-0.39, 0.29) is 12.6 Å². The lowest BCUT2D eigenvalue weighted by atomic mass is 10.2. The first-order chi connectivity index (χ1) is 11.3. The summed E-state index contributed by atoms with van der Waals surface area (Å²) in [6.45, 7) is 0.245. The van der Waals surface area contributed by atoms with Gasteiger partial charge in [-0.3, -0.25) is 0 Å². The van der Waals surface area contributed by atoms with Crippen LogP contribution >= 0.6 is 0 Å². The van der Waals surface area contributed by atoms with Gasteiger partial charge in [0.15, 0.2) is 0 Å². The molecule has 0 radical (unpaired) electrons. The summed E-state index contributed by atoms with van der Waals surface area (Å²) in [7, 11) is 0. The standard InChI is InChI=1S/C19H16N2O2/c22-19(23-15-4-8-16-6-2-1-3-7-16)17-9-11-18(12-10-17)21-14-5-13-20-21/h1-14H,15H2. The van der Waals surface area contributed by atoms with Gasteiger partial charge in [0, 0.05) is 12.4 Å². The molecular weight excluding hydrogens is 288 g/mol. The van der Waals surface area contributed by atoms with Crippen LogP contribution in [-0.4, -0.2) is 22.4 Å². The van der Waals surface area contributed by atoms with Crippen molar-refractivity contribution in [3.8, 4) is 5.69 Å². The molecule has 2 aromatic carbocycles. The van der Waals surface area contributed by atoms with E-state index in [2.05, 4.69) is 5.10 Å². The van der Waals surface area contributed by atoms with E-state index >= 15 is 0 Å². The Kier molecular flexibility index (Phi) is 4.64. The van der Waals surface area contributed by atoms with E-state index in [4.69, 9.17) is 4.74 Å². The summed E-state index contributed by atoms with van der Waals surface area (Å²) in [5.74, 6) is -0.338. The zero-order chi connectivity index (χ0) is 15.9. The number of rotatable bonds is 5. The molecule has 0 unspecified atom stereocenters. The maximum atomic E-state index is 12.0. The van der Waals surface area contributed by atoms with Crippen molar-refractivity contribution < 1.29 is 9.53 Å². The van der Waals surface area contributed by atoms with Gasteiger partial charge in [-0.1, -0.05) is 36.4 Å². The van der Waals surface area contributed by atoms with Crippen LogP contribution in [0.3, 0.4) is 0 Å². The maximum Gasteiger partial charge on any atom is 0.338 e. The molecule has 4 nitrogen and oxygen atoms in total. The number of aromatic nitrogens is 2. The molecule has 0 aliphatic carbocycles. The zero-order valence-corrected chi connectivity index (χ0v) is 12.5. The highest BCUT2D eigenvalue weighted by Crippen LogP contribution is 2.10. The predicted molar refractivity (Wildman–Crippen MR) is 89.3 cm³/mol. The lowest BCUT2D eigenvalue weighted by Gasteiger charge is -2.04. The van der Waals surface area contributed by atoms with Gasteiger partial charge in [-0.25, -0.2) is 9.48 Å². The number of ether oxygens (including phenoxy) is 1. The number of carbonyl (C=O) groups is 1. The average Bonchev–Trinajstić information content (AvgIpc) is 3.14. The molecule has 4 heteroatoms. The summed E-state index contributed by atoms with van der Waals surface area (Å²) in [6, 6.07) is 18.9. The van der Waals surface area contributed by atoms with Crippen LogP contribution in [0.5, 0.6) is 0 Å². The van der Waals surface area contributed by atoms with Crippen LogP contribution in [0.2, 0.25) is 0 Å². The number of benzene rings is 2. The van der Waals surface area contributed by atoms with Crippen LogP contribution in [0.25, 0.3) is 11.8 Å². The predicted octanol–water partition coefficient (Wildman–Crippen LogP) is 3.74. The summed E-state index contributed by atoms with van der Waals surface area (Å²) >= 11 is 0. The van der Waals surface area contributed by atoms with Crippen molar-refractivity contribution in [3.05, 3.63) is 90.3 Å². The minimum absolute atomic E-state index is 0.245. The van der Waals surface area contributed by atoms with Gasteiger partial charge >= 0.3 is 5.97 Å². The normalized spacial score (nSPS) is 10.8. The SMILES string of the molecule is O=C(OCC=Cc1ccccc1)c1ccc(-n2cccn2)cc1. The van der Waals surface area contributed by atoms with E-state index in [0.29, 0.717) is 5.56 Å². The molecule has 0 atom stereocenters. The summed E-state index contributed by atoms with van der Waals surface area (Å²) in [5.41, 5.74) is 2.50. The zero-order valence-electron chi connectivity index (χ0n) is 12.5. The fourth-order valence-electron chi connectivity index (χ4n) is 2.13. The quantitative estimate of drug-likeness (QED) is 0.674. The number of hydrogen-bond acceptors (Lipinski definition) is 3. The molecule has 0 bridgehead atoms. The Morgan fingerprint density at radius 1 is 1.04 bits per heavy atom. The van der Waals surface area contributed by atoms with Crippen molar-refractivity contribution in [2.24, 2.45) is 0 Å². The van der Waals surface area contributed by atoms with Gasteiger partial charge in [0.05, 0.1) is 11.3 Å². The van der Waals surface area contributed by atoms with E-state index in [1.165, 1.54) is 0 Å². The van der Waals surface area contributed by atoms with Gasteiger partial charge in [0.1, 0.15) is 6.61 Å². The first-order valence-corrected chi connectivity index (χ1v) is 7.32. The topological polar surface area (TPSA) is 44.1 Å². The minimum atomic E-state index is -0.338. The molecule has 23 heavy (non-hydrogen) atoms. The van der Waals surface area contributed by atoms with Crippen molar-refractivity contribution in [3.63, 3.8) is 0 Å². The van der Waals surface area contributed by atoms with E-state index in [9.17, 15) is 4.79 Å². The van der Waals surface area contributed by atoms with Crippen LogP contribution in [0.15, 0.2) is 79.1 Å². The molecule has 0 saturated carbocycles. The Labute approximate surface area is 134 Å². The Hall–Kier alpha value is -3.14. The van der Waals surface area contributed by atoms with Crippen LogP contribution in [0.1, 0.15) is 15.9 Å². The number of hydrogen-bond donors (Lipinski definition) is 0. The second kappa shape index (κ2) is 7.22. The Morgan fingerprint density at radius 2 is 1.83 bits per heavy atom.